The summed E-state index contributed by atoms with van der Waals surface area (Å²) in [6.45, 7) is 2.03. The van der Waals surface area contributed by atoms with Gasteiger partial charge in [0.2, 0.25) is 5.91 Å². The minimum absolute atomic E-state index is 0.00997. The van der Waals surface area contributed by atoms with Crippen LogP contribution in [0.1, 0.15) is 17.8 Å². The Labute approximate surface area is 183 Å². The van der Waals surface area contributed by atoms with Crippen LogP contribution in [0.2, 0.25) is 0 Å². The summed E-state index contributed by atoms with van der Waals surface area (Å²) >= 11 is 1.42. The summed E-state index contributed by atoms with van der Waals surface area (Å²) in [6, 6.07) is 8.03. The number of nitrogens with one attached hydrogen (secondary N) is 3. The van der Waals surface area contributed by atoms with E-state index in [0.29, 0.717) is 17.0 Å². The molecule has 1 aromatic heterocycles. The summed E-state index contributed by atoms with van der Waals surface area (Å²) < 4.78 is 18.2. The molecule has 0 aliphatic carbocycles. The molecular formula is C21H23FN4O4S. The second kappa shape index (κ2) is 10.2. The summed E-state index contributed by atoms with van der Waals surface area (Å²) in [5.74, 6) is -1.24. The normalized spacial score (nSPS) is 16.0. The zero-order valence-electron chi connectivity index (χ0n) is 17.1. The number of ether oxygens (including phenoxy) is 1. The minimum Gasteiger partial charge on any atom is -0.463 e. The number of anilines is 1. The van der Waals surface area contributed by atoms with Crippen molar-refractivity contribution in [2.45, 2.75) is 13.0 Å². The van der Waals surface area contributed by atoms with Gasteiger partial charge in [-0.1, -0.05) is 6.07 Å². The lowest BCUT2D eigenvalue weighted by Gasteiger charge is -2.30. The number of hydrogen-bond acceptors (Lipinski definition) is 6. The number of esters is 1. The number of thiophene rings is 1. The van der Waals surface area contributed by atoms with Gasteiger partial charge < -0.3 is 20.7 Å². The van der Waals surface area contributed by atoms with E-state index < -0.39 is 23.9 Å². The summed E-state index contributed by atoms with van der Waals surface area (Å²) in [5, 5.41) is 9.98. The van der Waals surface area contributed by atoms with Crippen molar-refractivity contribution in [1.29, 1.82) is 0 Å². The van der Waals surface area contributed by atoms with Gasteiger partial charge in [-0.25, -0.2) is 14.0 Å². The lowest BCUT2D eigenvalue weighted by atomic mass is 10.0. The molecule has 10 heteroatoms. The summed E-state index contributed by atoms with van der Waals surface area (Å²) in [5.41, 5.74) is 1.14. The SMILES string of the molecule is CCOC(=O)C1=C(CN(C)CC(=O)Nc2ccc(F)cc2)NC(=O)N[C@@H]1c1cccs1. The zero-order chi connectivity index (χ0) is 22.4. The maximum atomic E-state index is 13.0. The Morgan fingerprint density at radius 3 is 2.65 bits per heavy atom. The van der Waals surface area contributed by atoms with Crippen molar-refractivity contribution in [1.82, 2.24) is 15.5 Å². The largest absolute Gasteiger partial charge is 0.463 e. The Hall–Kier alpha value is -3.24. The highest BCUT2D eigenvalue weighted by molar-refractivity contribution is 7.10. The lowest BCUT2D eigenvalue weighted by Crippen LogP contribution is -2.48. The van der Waals surface area contributed by atoms with Gasteiger partial charge in [-0.3, -0.25) is 9.69 Å². The Balaban J connectivity index is 1.76. The van der Waals surface area contributed by atoms with E-state index in [9.17, 15) is 18.8 Å². The molecule has 31 heavy (non-hydrogen) atoms. The molecule has 0 fully saturated rings. The van der Waals surface area contributed by atoms with E-state index in [1.54, 1.807) is 18.9 Å². The average Bonchev–Trinajstić information content (AvgIpc) is 3.24. The first-order valence-corrected chi connectivity index (χ1v) is 10.5. The monoisotopic (exact) mass is 446 g/mol. The number of amides is 3. The Bertz CT molecular complexity index is 976. The number of nitrogens with zero attached hydrogens (tertiary/aromatic N) is 1. The third-order valence-corrected chi connectivity index (χ3v) is 5.38. The first-order chi connectivity index (χ1) is 14.9. The van der Waals surface area contributed by atoms with Gasteiger partial charge in [0.05, 0.1) is 24.8 Å². The van der Waals surface area contributed by atoms with Crippen LogP contribution in [0.15, 0.2) is 53.0 Å². The highest BCUT2D eigenvalue weighted by Crippen LogP contribution is 2.30. The zero-order valence-corrected chi connectivity index (χ0v) is 17.9. The van der Waals surface area contributed by atoms with Gasteiger partial charge in [-0.2, -0.15) is 0 Å². The first-order valence-electron chi connectivity index (χ1n) is 9.62. The van der Waals surface area contributed by atoms with Crippen LogP contribution >= 0.6 is 11.3 Å². The number of urea groups is 1. The highest BCUT2D eigenvalue weighted by atomic mass is 32.1. The van der Waals surface area contributed by atoms with Crippen molar-refractivity contribution in [3.63, 3.8) is 0 Å². The van der Waals surface area contributed by atoms with E-state index in [1.165, 1.54) is 35.6 Å². The van der Waals surface area contributed by atoms with E-state index in [0.717, 1.165) is 4.88 Å². The minimum atomic E-state index is -0.635. The molecule has 0 saturated carbocycles. The van der Waals surface area contributed by atoms with Crippen LogP contribution in [0.25, 0.3) is 0 Å². The summed E-state index contributed by atoms with van der Waals surface area (Å²) in [4.78, 5) is 39.7. The van der Waals surface area contributed by atoms with Gasteiger partial charge in [-0.05, 0) is 49.7 Å². The van der Waals surface area contributed by atoms with Crippen molar-refractivity contribution in [3.8, 4) is 0 Å². The first kappa shape index (κ1) is 22.4. The number of hydrogen-bond donors (Lipinski definition) is 3. The molecule has 0 bridgehead atoms. The summed E-state index contributed by atoms with van der Waals surface area (Å²) in [7, 11) is 1.69. The van der Waals surface area contributed by atoms with E-state index in [-0.39, 0.29) is 25.6 Å². The second-order valence-electron chi connectivity index (χ2n) is 6.89. The van der Waals surface area contributed by atoms with Crippen LogP contribution < -0.4 is 16.0 Å². The lowest BCUT2D eigenvalue weighted by molar-refractivity contribution is -0.139. The van der Waals surface area contributed by atoms with Crippen molar-refractivity contribution in [2.75, 3.05) is 32.1 Å². The van der Waals surface area contributed by atoms with Gasteiger partial charge in [-0.15, -0.1) is 11.3 Å². The predicted molar refractivity (Wildman–Crippen MR) is 115 cm³/mol. The molecule has 0 radical (unpaired) electrons. The van der Waals surface area contributed by atoms with Crippen LogP contribution in [0.3, 0.4) is 0 Å². The molecule has 2 aromatic rings. The topological polar surface area (TPSA) is 99.8 Å². The number of halogens is 1. The smallest absolute Gasteiger partial charge is 0.338 e. The van der Waals surface area contributed by atoms with Crippen molar-refractivity contribution < 1.29 is 23.5 Å². The Kier molecular flexibility index (Phi) is 7.37. The van der Waals surface area contributed by atoms with E-state index >= 15 is 0 Å². The van der Waals surface area contributed by atoms with E-state index in [4.69, 9.17) is 4.74 Å². The van der Waals surface area contributed by atoms with E-state index in [1.807, 2.05) is 17.5 Å². The molecule has 1 aliphatic heterocycles. The molecule has 164 valence electrons. The van der Waals surface area contributed by atoms with Crippen LogP contribution in [0.5, 0.6) is 0 Å². The van der Waals surface area contributed by atoms with Gasteiger partial charge in [0, 0.05) is 22.8 Å². The average molecular weight is 447 g/mol. The Morgan fingerprint density at radius 2 is 2.00 bits per heavy atom. The van der Waals surface area contributed by atoms with Crippen LogP contribution in [-0.2, 0) is 14.3 Å². The molecule has 1 atom stereocenters. The molecule has 8 nitrogen and oxygen atoms in total. The third-order valence-electron chi connectivity index (χ3n) is 4.45. The molecular weight excluding hydrogens is 423 g/mol. The molecule has 3 N–H and O–H groups in total. The molecule has 3 rings (SSSR count). The van der Waals surface area contributed by atoms with Crippen LogP contribution in [0.4, 0.5) is 14.9 Å². The van der Waals surface area contributed by atoms with Crippen molar-refractivity contribution in [2.24, 2.45) is 0 Å². The molecule has 0 saturated heterocycles. The summed E-state index contributed by atoms with van der Waals surface area (Å²) in [6.07, 6.45) is 0. The third kappa shape index (κ3) is 5.89. The number of carbonyl (C=O) groups is 3. The van der Waals surface area contributed by atoms with Gasteiger partial charge in [0.15, 0.2) is 0 Å². The maximum Gasteiger partial charge on any atom is 0.338 e. The predicted octanol–water partition coefficient (Wildman–Crippen LogP) is 2.63. The quantitative estimate of drug-likeness (QED) is 0.542. The molecule has 0 unspecified atom stereocenters. The van der Waals surface area contributed by atoms with Gasteiger partial charge in [0.1, 0.15) is 5.82 Å². The van der Waals surface area contributed by atoms with Crippen molar-refractivity contribution >= 4 is 34.9 Å². The van der Waals surface area contributed by atoms with Crippen LogP contribution in [0, 0.1) is 5.82 Å². The van der Waals surface area contributed by atoms with Crippen LogP contribution in [-0.4, -0.2) is 49.6 Å². The molecule has 3 amide bonds. The standard InChI is InChI=1S/C21H23FN4O4S/c1-3-30-20(28)18-15(24-21(29)25-19(18)16-5-4-10-31-16)11-26(2)12-17(27)23-14-8-6-13(22)7-9-14/h4-10,19H,3,11-12H2,1-2H3,(H,23,27)(H2,24,25,29)/t19-/m1/s1. The number of likely N-dealkylation sites (N-methyl/N-ethyl adjacent to an activating group) is 1. The fraction of sp³-hybridized carbons (Fsp3) is 0.286. The Morgan fingerprint density at radius 1 is 1.26 bits per heavy atom. The van der Waals surface area contributed by atoms with Gasteiger partial charge >= 0.3 is 12.0 Å². The van der Waals surface area contributed by atoms with Crippen molar-refractivity contribution in [3.05, 3.63) is 63.7 Å². The second-order valence-corrected chi connectivity index (χ2v) is 7.87. The molecule has 1 aliphatic rings. The number of rotatable bonds is 8. The highest BCUT2D eigenvalue weighted by Gasteiger charge is 2.34. The van der Waals surface area contributed by atoms with Gasteiger partial charge in [0.25, 0.3) is 0 Å². The maximum absolute atomic E-state index is 13.0. The van der Waals surface area contributed by atoms with E-state index in [2.05, 4.69) is 16.0 Å². The fourth-order valence-electron chi connectivity index (χ4n) is 3.17. The molecule has 0 spiro atoms. The fourth-order valence-corrected chi connectivity index (χ4v) is 3.95. The molecule has 1 aromatic carbocycles. The molecule has 2 heterocycles. The number of benzene rings is 1. The number of carbonyl (C=O) groups excluding carboxylic acids is 3.